The second-order valence-corrected chi connectivity index (χ2v) is 11.4. The molecule has 0 radical (unpaired) electrons. The number of ether oxygens (including phenoxy) is 1. The lowest BCUT2D eigenvalue weighted by molar-refractivity contribution is 0.0696. The number of aromatic carboxylic acids is 1. The number of carboxylic acids is 1. The zero-order valence-electron chi connectivity index (χ0n) is 22.4. The van der Waals surface area contributed by atoms with E-state index in [1.165, 1.54) is 47.0 Å². The van der Waals surface area contributed by atoms with Gasteiger partial charge in [-0.1, -0.05) is 12.1 Å². The summed E-state index contributed by atoms with van der Waals surface area (Å²) in [4.78, 5) is 45.9. The van der Waals surface area contributed by atoms with Crippen LogP contribution in [0.15, 0.2) is 94.6 Å². The van der Waals surface area contributed by atoms with Crippen molar-refractivity contribution in [2.24, 2.45) is 0 Å². The number of carbonyl (C=O) groups excluding carboxylic acids is 1. The number of nitrogens with zero attached hydrogens (tertiary/aromatic N) is 3. The molecule has 0 saturated heterocycles. The number of rotatable bonds is 8. The Labute approximate surface area is 240 Å². The molecule has 0 aliphatic heterocycles. The third-order valence-corrected chi connectivity index (χ3v) is 7.55. The topological polar surface area (TPSA) is 158 Å². The van der Waals surface area contributed by atoms with Crippen LogP contribution in [0.25, 0.3) is 16.7 Å². The van der Waals surface area contributed by atoms with Gasteiger partial charge in [0.25, 0.3) is 11.5 Å². The third-order valence-electron chi connectivity index (χ3n) is 6.42. The lowest BCUT2D eigenvalue weighted by atomic mass is 10.1. The Bertz CT molecular complexity index is 1990. The first-order valence-corrected chi connectivity index (χ1v) is 14.5. The summed E-state index contributed by atoms with van der Waals surface area (Å²) >= 11 is 0. The van der Waals surface area contributed by atoms with Crippen molar-refractivity contribution in [1.82, 2.24) is 19.9 Å². The predicted molar refractivity (Wildman–Crippen MR) is 154 cm³/mol. The summed E-state index contributed by atoms with van der Waals surface area (Å²) in [6, 6.07) is 21.4. The first-order valence-electron chi connectivity index (χ1n) is 12.6. The van der Waals surface area contributed by atoms with E-state index in [0.717, 1.165) is 11.8 Å². The Morgan fingerprint density at radius 3 is 2.14 bits per heavy atom. The standard InChI is InChI=1S/C30H24N4O7S/c1-18-25-15-16-26(35)34(27(25)33-30(32-18)41-23-11-7-21(8-12-23)29(37)38)22-9-5-20(6-10-22)28(36)31-17-19-3-13-24(14-4-19)42(2,39)40/h3-16H,17H2,1-2H3,(H,31,36)(H,37,38). The van der Waals surface area contributed by atoms with Crippen molar-refractivity contribution in [2.45, 2.75) is 18.4 Å². The molecular weight excluding hydrogens is 560 g/mol. The summed E-state index contributed by atoms with van der Waals surface area (Å²) in [7, 11) is -3.31. The van der Waals surface area contributed by atoms with E-state index in [-0.39, 0.29) is 34.5 Å². The van der Waals surface area contributed by atoms with E-state index in [9.17, 15) is 22.8 Å². The van der Waals surface area contributed by atoms with Gasteiger partial charge in [-0.15, -0.1) is 0 Å². The number of fused-ring (bicyclic) bond motifs is 1. The van der Waals surface area contributed by atoms with Crippen LogP contribution in [0.1, 0.15) is 32.0 Å². The number of carbonyl (C=O) groups is 2. The molecule has 11 nitrogen and oxygen atoms in total. The predicted octanol–water partition coefficient (Wildman–Crippen LogP) is 3.91. The zero-order valence-corrected chi connectivity index (χ0v) is 23.3. The third kappa shape index (κ3) is 6.03. The highest BCUT2D eigenvalue weighted by Crippen LogP contribution is 2.24. The Morgan fingerprint density at radius 1 is 0.881 bits per heavy atom. The number of nitrogens with one attached hydrogen (secondary N) is 1. The number of pyridine rings is 1. The van der Waals surface area contributed by atoms with Gasteiger partial charge in [0.05, 0.1) is 21.8 Å². The average molecular weight is 585 g/mol. The van der Waals surface area contributed by atoms with Gasteiger partial charge >= 0.3 is 12.0 Å². The highest BCUT2D eigenvalue weighted by atomic mass is 32.2. The number of sulfone groups is 1. The minimum Gasteiger partial charge on any atom is -0.478 e. The second-order valence-electron chi connectivity index (χ2n) is 9.41. The van der Waals surface area contributed by atoms with Gasteiger partial charge in [-0.2, -0.15) is 9.97 Å². The molecule has 1 amide bonds. The molecular formula is C30H24N4O7S. The van der Waals surface area contributed by atoms with Crippen LogP contribution >= 0.6 is 0 Å². The maximum atomic E-state index is 13.0. The first-order chi connectivity index (χ1) is 20.0. The highest BCUT2D eigenvalue weighted by molar-refractivity contribution is 7.90. The molecule has 212 valence electrons. The van der Waals surface area contributed by atoms with Crippen molar-refractivity contribution < 1.29 is 27.9 Å². The number of aryl methyl sites for hydroxylation is 1. The molecule has 2 heterocycles. The SMILES string of the molecule is Cc1nc(Oc2ccc(C(=O)O)cc2)nc2c1ccc(=O)n2-c1ccc(C(=O)NCc2ccc(S(C)(=O)=O)cc2)cc1. The largest absolute Gasteiger partial charge is 0.478 e. The monoisotopic (exact) mass is 584 g/mol. The first kappa shape index (κ1) is 28.2. The maximum Gasteiger partial charge on any atom is 0.335 e. The Balaban J connectivity index is 1.38. The van der Waals surface area contributed by atoms with E-state index >= 15 is 0 Å². The summed E-state index contributed by atoms with van der Waals surface area (Å²) in [5, 5.41) is 12.5. The van der Waals surface area contributed by atoms with Crippen LogP contribution in [0.3, 0.4) is 0 Å². The van der Waals surface area contributed by atoms with E-state index in [1.54, 1.807) is 49.4 Å². The fourth-order valence-corrected chi connectivity index (χ4v) is 4.84. The minimum absolute atomic E-state index is 0.0250. The smallest absolute Gasteiger partial charge is 0.335 e. The fraction of sp³-hybridized carbons (Fsp3) is 0.100. The molecule has 12 heteroatoms. The van der Waals surface area contributed by atoms with Gasteiger partial charge < -0.3 is 15.2 Å². The van der Waals surface area contributed by atoms with E-state index in [2.05, 4.69) is 15.3 Å². The van der Waals surface area contributed by atoms with E-state index in [4.69, 9.17) is 9.84 Å². The number of aromatic nitrogens is 3. The van der Waals surface area contributed by atoms with Crippen LogP contribution in [0, 0.1) is 6.92 Å². The zero-order chi connectivity index (χ0) is 30.0. The Hall–Kier alpha value is -5.36. The molecule has 0 spiro atoms. The molecule has 0 aliphatic carbocycles. The number of benzene rings is 3. The van der Waals surface area contributed by atoms with Crippen molar-refractivity contribution in [2.75, 3.05) is 6.26 Å². The van der Waals surface area contributed by atoms with Gasteiger partial charge in [0, 0.05) is 29.8 Å². The van der Waals surface area contributed by atoms with Crippen LogP contribution in [0.4, 0.5) is 0 Å². The minimum atomic E-state index is -3.31. The number of amides is 1. The van der Waals surface area contributed by atoms with Crippen molar-refractivity contribution in [1.29, 1.82) is 0 Å². The van der Waals surface area contributed by atoms with Gasteiger partial charge in [-0.3, -0.25) is 14.2 Å². The van der Waals surface area contributed by atoms with Gasteiger partial charge in [0.1, 0.15) is 5.75 Å². The molecule has 3 aromatic carbocycles. The molecule has 2 N–H and O–H groups in total. The average Bonchev–Trinajstić information content (AvgIpc) is 2.96. The normalized spacial score (nSPS) is 11.3. The lowest BCUT2D eigenvalue weighted by Crippen LogP contribution is -2.23. The Kier molecular flexibility index (Phi) is 7.55. The number of hydrogen-bond acceptors (Lipinski definition) is 8. The van der Waals surface area contributed by atoms with Crippen LogP contribution in [0.5, 0.6) is 11.8 Å². The molecule has 0 atom stereocenters. The molecule has 2 aromatic heterocycles. The quantitative estimate of drug-likeness (QED) is 0.276. The number of hydrogen-bond donors (Lipinski definition) is 2. The van der Waals surface area contributed by atoms with Crippen LogP contribution in [-0.4, -0.2) is 46.2 Å². The summed E-state index contributed by atoms with van der Waals surface area (Å²) < 4.78 is 30.4. The molecule has 0 unspecified atom stereocenters. The van der Waals surface area contributed by atoms with Crippen LogP contribution in [-0.2, 0) is 16.4 Å². The van der Waals surface area contributed by atoms with E-state index in [0.29, 0.717) is 33.7 Å². The molecule has 5 aromatic rings. The van der Waals surface area contributed by atoms with E-state index in [1.807, 2.05) is 0 Å². The Morgan fingerprint density at radius 2 is 1.52 bits per heavy atom. The summed E-state index contributed by atoms with van der Waals surface area (Å²) in [5.41, 5.74) is 2.17. The van der Waals surface area contributed by atoms with Gasteiger partial charge in [0.15, 0.2) is 15.5 Å². The van der Waals surface area contributed by atoms with Gasteiger partial charge in [-0.25, -0.2) is 13.2 Å². The molecule has 0 fully saturated rings. The van der Waals surface area contributed by atoms with Crippen molar-refractivity contribution in [3.8, 4) is 17.4 Å². The fourth-order valence-electron chi connectivity index (χ4n) is 4.21. The summed E-state index contributed by atoms with van der Waals surface area (Å²) in [6.45, 7) is 1.95. The molecule has 0 bridgehead atoms. The summed E-state index contributed by atoms with van der Waals surface area (Å²) in [6.07, 6.45) is 1.13. The van der Waals surface area contributed by atoms with Crippen molar-refractivity contribution in [3.63, 3.8) is 0 Å². The number of carboxylic acid groups (broad SMARTS) is 1. The van der Waals surface area contributed by atoms with Crippen LogP contribution in [0.2, 0.25) is 0 Å². The lowest BCUT2D eigenvalue weighted by Gasteiger charge is -2.13. The molecule has 42 heavy (non-hydrogen) atoms. The van der Waals surface area contributed by atoms with Crippen molar-refractivity contribution in [3.05, 3.63) is 118 Å². The van der Waals surface area contributed by atoms with E-state index < -0.39 is 15.8 Å². The van der Waals surface area contributed by atoms with Gasteiger partial charge in [0.2, 0.25) is 0 Å². The van der Waals surface area contributed by atoms with Crippen molar-refractivity contribution >= 4 is 32.7 Å². The van der Waals surface area contributed by atoms with Gasteiger partial charge in [-0.05, 0) is 79.2 Å². The maximum absolute atomic E-state index is 13.0. The second kappa shape index (κ2) is 11.3. The highest BCUT2D eigenvalue weighted by Gasteiger charge is 2.15. The summed E-state index contributed by atoms with van der Waals surface area (Å²) in [5.74, 6) is -1.08. The van der Waals surface area contributed by atoms with Crippen LogP contribution < -0.4 is 15.6 Å². The molecule has 0 saturated carbocycles. The molecule has 5 rings (SSSR count). The molecule has 0 aliphatic rings.